The zero-order valence-corrected chi connectivity index (χ0v) is 21.8. The lowest BCUT2D eigenvalue weighted by atomic mass is 9.86. The van der Waals surface area contributed by atoms with E-state index in [0.29, 0.717) is 0 Å². The van der Waals surface area contributed by atoms with Crippen LogP contribution in [0.2, 0.25) is 0 Å². The molecular formula is C33H32P2. The van der Waals surface area contributed by atoms with Crippen molar-refractivity contribution in [3.05, 3.63) is 133 Å². The monoisotopic (exact) mass is 490 g/mol. The maximum atomic E-state index is 2.56. The molecule has 0 radical (unpaired) electrons. The molecule has 0 heterocycles. The van der Waals surface area contributed by atoms with Crippen LogP contribution in [0.15, 0.2) is 133 Å². The van der Waals surface area contributed by atoms with Crippen molar-refractivity contribution in [3.8, 4) is 0 Å². The first kappa shape index (κ1) is 22.9. The van der Waals surface area contributed by atoms with E-state index in [2.05, 4.69) is 133 Å². The fraction of sp³-hybridized carbons (Fsp3) is 0.212. The van der Waals surface area contributed by atoms with Crippen LogP contribution in [0.5, 0.6) is 0 Å². The van der Waals surface area contributed by atoms with E-state index in [1.807, 2.05) is 0 Å². The Bertz CT molecular complexity index is 1060. The van der Waals surface area contributed by atoms with Crippen LogP contribution in [0.1, 0.15) is 6.42 Å². The standard InChI is InChI=1S/C33H32P2/c1-5-13-28(14-6-1)34(29-15-7-2-8-16-29)24-32-26-21-22-27(23-26)33(32)25-35(30-17-9-3-10-18-30)31-19-11-4-12-20-31/h1-22,26-27,32-33H,23-25H2/t26?,27?,32-,33-/m0/s1. The summed E-state index contributed by atoms with van der Waals surface area (Å²) in [5.74, 6) is 3.00. The Morgan fingerprint density at radius 3 is 1.00 bits per heavy atom. The molecule has 0 amide bonds. The predicted molar refractivity (Wildman–Crippen MR) is 156 cm³/mol. The third kappa shape index (κ3) is 4.93. The van der Waals surface area contributed by atoms with Gasteiger partial charge in [-0.1, -0.05) is 133 Å². The lowest BCUT2D eigenvalue weighted by molar-refractivity contribution is 0.375. The van der Waals surface area contributed by atoms with Crippen molar-refractivity contribution in [1.82, 2.24) is 0 Å². The van der Waals surface area contributed by atoms with Crippen molar-refractivity contribution in [2.45, 2.75) is 6.42 Å². The van der Waals surface area contributed by atoms with Gasteiger partial charge in [-0.05, 0) is 79.5 Å². The average Bonchev–Trinajstić information content (AvgIpc) is 3.54. The molecular weight excluding hydrogens is 458 g/mol. The maximum Gasteiger partial charge on any atom is -0.0193 e. The molecule has 4 atom stereocenters. The molecule has 2 heteroatoms. The minimum atomic E-state index is -0.360. The van der Waals surface area contributed by atoms with Crippen LogP contribution in [0.4, 0.5) is 0 Å². The van der Waals surface area contributed by atoms with Gasteiger partial charge < -0.3 is 0 Å². The van der Waals surface area contributed by atoms with Crippen LogP contribution in [0.3, 0.4) is 0 Å². The van der Waals surface area contributed by atoms with E-state index >= 15 is 0 Å². The number of rotatable bonds is 8. The lowest BCUT2D eigenvalue weighted by Crippen LogP contribution is -2.30. The second-order valence-electron chi connectivity index (χ2n) is 9.84. The zero-order chi connectivity index (χ0) is 23.5. The van der Waals surface area contributed by atoms with E-state index < -0.39 is 0 Å². The summed E-state index contributed by atoms with van der Waals surface area (Å²) >= 11 is 0. The van der Waals surface area contributed by atoms with Gasteiger partial charge in [0.15, 0.2) is 0 Å². The van der Waals surface area contributed by atoms with Crippen LogP contribution in [-0.4, -0.2) is 12.3 Å². The van der Waals surface area contributed by atoms with Crippen molar-refractivity contribution >= 4 is 37.1 Å². The molecule has 0 N–H and O–H groups in total. The molecule has 0 nitrogen and oxygen atoms in total. The van der Waals surface area contributed by atoms with E-state index in [0.717, 1.165) is 23.7 Å². The number of hydrogen-bond acceptors (Lipinski definition) is 0. The van der Waals surface area contributed by atoms with Gasteiger partial charge in [0.1, 0.15) is 0 Å². The van der Waals surface area contributed by atoms with Gasteiger partial charge in [0.25, 0.3) is 0 Å². The lowest BCUT2D eigenvalue weighted by Gasteiger charge is -2.34. The molecule has 174 valence electrons. The minimum absolute atomic E-state index is 0.360. The Kier molecular flexibility index (Phi) is 6.95. The van der Waals surface area contributed by atoms with Gasteiger partial charge in [0.2, 0.25) is 0 Å². The molecule has 1 fully saturated rings. The van der Waals surface area contributed by atoms with E-state index in [4.69, 9.17) is 0 Å². The highest BCUT2D eigenvalue weighted by Gasteiger charge is 2.46. The summed E-state index contributed by atoms with van der Waals surface area (Å²) in [6.45, 7) is 0. The Hall–Kier alpha value is -2.52. The third-order valence-corrected chi connectivity index (χ3v) is 13.1. The van der Waals surface area contributed by atoms with Gasteiger partial charge >= 0.3 is 0 Å². The Morgan fingerprint density at radius 2 is 0.714 bits per heavy atom. The highest BCUT2D eigenvalue weighted by molar-refractivity contribution is 7.73. The summed E-state index contributed by atoms with van der Waals surface area (Å²) in [7, 11) is -0.721. The van der Waals surface area contributed by atoms with Gasteiger partial charge in [-0.2, -0.15) is 0 Å². The van der Waals surface area contributed by atoms with Gasteiger partial charge in [-0.3, -0.25) is 0 Å². The summed E-state index contributed by atoms with van der Waals surface area (Å²) in [6.07, 6.45) is 9.07. The Labute approximate surface area is 212 Å². The summed E-state index contributed by atoms with van der Waals surface area (Å²) in [5, 5.41) is 6.08. The van der Waals surface area contributed by atoms with Crippen molar-refractivity contribution in [1.29, 1.82) is 0 Å². The molecule has 2 aliphatic carbocycles. The fourth-order valence-corrected chi connectivity index (χ4v) is 11.6. The van der Waals surface area contributed by atoms with Gasteiger partial charge in [-0.25, -0.2) is 0 Å². The topological polar surface area (TPSA) is 0 Å². The SMILES string of the molecule is C1=CC2CC1[C@H](CP(c1ccccc1)c1ccccc1)[C@H]2CP(c1ccccc1)c1ccccc1. The molecule has 0 aromatic heterocycles. The van der Waals surface area contributed by atoms with Crippen LogP contribution in [0.25, 0.3) is 0 Å². The van der Waals surface area contributed by atoms with Crippen molar-refractivity contribution < 1.29 is 0 Å². The fourth-order valence-electron chi connectivity index (χ4n) is 6.14. The normalized spacial score (nSPS) is 22.8. The first-order valence-electron chi connectivity index (χ1n) is 12.8. The third-order valence-electron chi connectivity index (χ3n) is 7.86. The molecule has 0 spiro atoms. The predicted octanol–water partition coefficient (Wildman–Crippen LogP) is 6.69. The van der Waals surface area contributed by atoms with Crippen molar-refractivity contribution in [3.63, 3.8) is 0 Å². The van der Waals surface area contributed by atoms with Crippen LogP contribution in [0, 0.1) is 23.7 Å². The summed E-state index contributed by atoms with van der Waals surface area (Å²) in [5.41, 5.74) is 0. The molecule has 2 bridgehead atoms. The average molecular weight is 491 g/mol. The molecule has 6 rings (SSSR count). The summed E-state index contributed by atoms with van der Waals surface area (Å²) in [6, 6.07) is 45.2. The maximum absolute atomic E-state index is 2.56. The largest absolute Gasteiger partial charge is 0.0848 e. The zero-order valence-electron chi connectivity index (χ0n) is 20.0. The molecule has 0 saturated heterocycles. The van der Waals surface area contributed by atoms with E-state index in [9.17, 15) is 0 Å². The molecule has 35 heavy (non-hydrogen) atoms. The highest BCUT2D eigenvalue weighted by Crippen LogP contribution is 2.55. The number of benzene rings is 4. The smallest absolute Gasteiger partial charge is 0.0193 e. The van der Waals surface area contributed by atoms with E-state index in [-0.39, 0.29) is 15.8 Å². The number of fused-ring (bicyclic) bond motifs is 2. The molecule has 1 saturated carbocycles. The van der Waals surface area contributed by atoms with Gasteiger partial charge in [0, 0.05) is 0 Å². The Balaban J connectivity index is 1.33. The summed E-state index contributed by atoms with van der Waals surface area (Å²) in [4.78, 5) is 0. The molecule has 4 aromatic rings. The highest BCUT2D eigenvalue weighted by atomic mass is 31.1. The van der Waals surface area contributed by atoms with Crippen LogP contribution >= 0.6 is 15.8 Å². The van der Waals surface area contributed by atoms with E-state index in [1.54, 1.807) is 0 Å². The first-order chi connectivity index (χ1) is 17.4. The quantitative estimate of drug-likeness (QED) is 0.191. The van der Waals surface area contributed by atoms with Crippen molar-refractivity contribution in [2.24, 2.45) is 23.7 Å². The number of hydrogen-bond donors (Lipinski definition) is 0. The van der Waals surface area contributed by atoms with Crippen LogP contribution < -0.4 is 21.2 Å². The molecule has 2 unspecified atom stereocenters. The van der Waals surface area contributed by atoms with Gasteiger partial charge in [-0.15, -0.1) is 0 Å². The minimum Gasteiger partial charge on any atom is -0.0848 e. The summed E-state index contributed by atoms with van der Waals surface area (Å²) < 4.78 is 0. The van der Waals surface area contributed by atoms with Crippen LogP contribution in [-0.2, 0) is 0 Å². The second-order valence-corrected chi connectivity index (χ2v) is 14.3. The second kappa shape index (κ2) is 10.6. The molecule has 2 aliphatic rings. The molecule has 4 aromatic carbocycles. The van der Waals surface area contributed by atoms with E-state index in [1.165, 1.54) is 40.0 Å². The van der Waals surface area contributed by atoms with Crippen molar-refractivity contribution in [2.75, 3.05) is 12.3 Å². The van der Waals surface area contributed by atoms with Gasteiger partial charge in [0.05, 0.1) is 0 Å². The first-order valence-corrected chi connectivity index (χ1v) is 15.9. The number of allylic oxidation sites excluding steroid dienone is 2. The Morgan fingerprint density at radius 1 is 0.429 bits per heavy atom. The molecule has 0 aliphatic heterocycles.